The Bertz CT molecular complexity index is 560. The smallest absolute Gasteiger partial charge is 0.251 e. The normalized spacial score (nSPS) is 20.5. The molecule has 5 heteroatoms. The molecule has 1 aliphatic rings. The van der Waals surface area contributed by atoms with Crippen LogP contribution in [0.3, 0.4) is 0 Å². The maximum atomic E-state index is 12.2. The second kappa shape index (κ2) is 6.80. The molecule has 0 radical (unpaired) electrons. The van der Waals surface area contributed by atoms with E-state index in [1.807, 2.05) is 0 Å². The molecule has 2 rings (SSSR count). The first-order chi connectivity index (χ1) is 10.1. The second-order valence-corrected chi connectivity index (χ2v) is 5.04. The van der Waals surface area contributed by atoms with Gasteiger partial charge in [0.1, 0.15) is 12.4 Å². The Balaban J connectivity index is 1.97. The summed E-state index contributed by atoms with van der Waals surface area (Å²) in [7, 11) is 0. The average Bonchev–Trinajstić information content (AvgIpc) is 2.94. The predicted octanol–water partition coefficient (Wildman–Crippen LogP) is 1.08. The lowest BCUT2D eigenvalue weighted by atomic mass is 10.0. The topological polar surface area (TPSA) is 81.4 Å². The first-order valence-electron chi connectivity index (χ1n) is 6.88. The molecule has 3 N–H and O–H groups in total. The van der Waals surface area contributed by atoms with Crippen LogP contribution in [0.2, 0.25) is 0 Å². The molecule has 0 unspecified atom stereocenters. The van der Waals surface area contributed by atoms with Gasteiger partial charge in [0.25, 0.3) is 5.91 Å². The number of nitrogens with one attached hydrogen (secondary N) is 1. The summed E-state index contributed by atoms with van der Waals surface area (Å²) in [5, 5.41) is 2.88. The lowest BCUT2D eigenvalue weighted by Gasteiger charge is -2.18. The van der Waals surface area contributed by atoms with Gasteiger partial charge in [-0.15, -0.1) is 6.42 Å². The molecular weight excluding hydrogens is 268 g/mol. The van der Waals surface area contributed by atoms with E-state index in [0.717, 1.165) is 19.3 Å². The van der Waals surface area contributed by atoms with Crippen molar-refractivity contribution in [1.82, 2.24) is 5.32 Å². The van der Waals surface area contributed by atoms with Crippen LogP contribution in [-0.2, 0) is 4.79 Å². The van der Waals surface area contributed by atoms with Gasteiger partial charge in [0.2, 0.25) is 5.91 Å². The zero-order valence-electron chi connectivity index (χ0n) is 11.7. The Morgan fingerprint density at radius 3 is 2.67 bits per heavy atom. The molecule has 0 heterocycles. The molecule has 1 fully saturated rings. The van der Waals surface area contributed by atoms with E-state index < -0.39 is 0 Å². The summed E-state index contributed by atoms with van der Waals surface area (Å²) >= 11 is 0. The van der Waals surface area contributed by atoms with E-state index in [4.69, 9.17) is 16.9 Å². The summed E-state index contributed by atoms with van der Waals surface area (Å²) < 4.78 is 5.24. The molecule has 1 saturated carbocycles. The van der Waals surface area contributed by atoms with Crippen LogP contribution >= 0.6 is 0 Å². The summed E-state index contributed by atoms with van der Waals surface area (Å²) in [5.41, 5.74) is 5.86. The van der Waals surface area contributed by atoms with Crippen molar-refractivity contribution >= 4 is 11.8 Å². The van der Waals surface area contributed by atoms with Crippen LogP contribution in [0.1, 0.15) is 29.6 Å². The maximum absolute atomic E-state index is 12.2. The number of hydrogen-bond acceptors (Lipinski definition) is 3. The van der Waals surface area contributed by atoms with Crippen molar-refractivity contribution in [3.8, 4) is 18.1 Å². The number of nitrogens with two attached hydrogens (primary N) is 1. The van der Waals surface area contributed by atoms with Gasteiger partial charge in [-0.3, -0.25) is 9.59 Å². The molecule has 5 nitrogen and oxygen atoms in total. The Kier molecular flexibility index (Phi) is 4.83. The van der Waals surface area contributed by atoms with Crippen LogP contribution in [0.4, 0.5) is 0 Å². The van der Waals surface area contributed by atoms with E-state index >= 15 is 0 Å². The minimum Gasteiger partial charge on any atom is -0.481 e. The highest BCUT2D eigenvalue weighted by atomic mass is 16.5. The van der Waals surface area contributed by atoms with Crippen LogP contribution in [0.15, 0.2) is 24.3 Å². The minimum atomic E-state index is -0.351. The summed E-state index contributed by atoms with van der Waals surface area (Å²) in [6.45, 7) is 0.188. The van der Waals surface area contributed by atoms with E-state index in [1.54, 1.807) is 24.3 Å². The molecule has 2 atom stereocenters. The maximum Gasteiger partial charge on any atom is 0.251 e. The van der Waals surface area contributed by atoms with Crippen molar-refractivity contribution in [2.45, 2.75) is 25.3 Å². The fourth-order valence-corrected chi connectivity index (χ4v) is 2.55. The number of rotatable bonds is 5. The number of benzene rings is 1. The summed E-state index contributed by atoms with van der Waals surface area (Å²) in [6.07, 6.45) is 7.52. The van der Waals surface area contributed by atoms with Crippen LogP contribution in [-0.4, -0.2) is 24.5 Å². The van der Waals surface area contributed by atoms with Crippen molar-refractivity contribution in [1.29, 1.82) is 0 Å². The van der Waals surface area contributed by atoms with E-state index in [1.165, 1.54) is 0 Å². The molecule has 0 spiro atoms. The second-order valence-electron chi connectivity index (χ2n) is 5.04. The molecule has 0 bridgehead atoms. The van der Waals surface area contributed by atoms with Crippen LogP contribution < -0.4 is 15.8 Å². The van der Waals surface area contributed by atoms with Crippen molar-refractivity contribution < 1.29 is 14.3 Å². The van der Waals surface area contributed by atoms with Gasteiger partial charge in [0, 0.05) is 11.6 Å². The molecule has 0 aliphatic heterocycles. The molecule has 110 valence electrons. The van der Waals surface area contributed by atoms with Crippen LogP contribution in [0.5, 0.6) is 5.75 Å². The number of terminal acetylenes is 1. The fraction of sp³-hybridized carbons (Fsp3) is 0.375. The lowest BCUT2D eigenvalue weighted by molar-refractivity contribution is -0.122. The van der Waals surface area contributed by atoms with Gasteiger partial charge in [0.05, 0.1) is 5.92 Å². The largest absolute Gasteiger partial charge is 0.481 e. The standard InChI is InChI=1S/C16H18N2O3/c1-2-10-21-12-8-6-11(7-9-12)16(20)18-14-5-3-4-13(14)15(17)19/h1,6-9,13-14H,3-5,10H2,(H2,17,19)(H,18,20)/t13-,14-/m1/s1. The summed E-state index contributed by atoms with van der Waals surface area (Å²) in [4.78, 5) is 23.5. The lowest BCUT2D eigenvalue weighted by Crippen LogP contribution is -2.42. The highest BCUT2D eigenvalue weighted by Gasteiger charge is 2.32. The first kappa shape index (κ1) is 14.9. The van der Waals surface area contributed by atoms with Gasteiger partial charge in [-0.2, -0.15) is 0 Å². The number of hydrogen-bond donors (Lipinski definition) is 2. The summed E-state index contributed by atoms with van der Waals surface area (Å²) in [5.74, 6) is 2.15. The SMILES string of the molecule is C#CCOc1ccc(C(=O)N[C@@H]2CCC[C@H]2C(N)=O)cc1. The number of amides is 2. The van der Waals surface area contributed by atoms with Gasteiger partial charge in [-0.25, -0.2) is 0 Å². The third kappa shape index (κ3) is 3.76. The number of carbonyl (C=O) groups excluding carboxylic acids is 2. The van der Waals surface area contributed by atoms with Gasteiger partial charge in [-0.05, 0) is 37.1 Å². The predicted molar refractivity (Wildman–Crippen MR) is 78.6 cm³/mol. The fourth-order valence-electron chi connectivity index (χ4n) is 2.55. The Labute approximate surface area is 123 Å². The number of carbonyl (C=O) groups is 2. The van der Waals surface area contributed by atoms with Gasteiger partial charge < -0.3 is 15.8 Å². The molecule has 2 amide bonds. The van der Waals surface area contributed by atoms with E-state index in [2.05, 4.69) is 11.2 Å². The van der Waals surface area contributed by atoms with E-state index in [9.17, 15) is 9.59 Å². The Morgan fingerprint density at radius 1 is 1.33 bits per heavy atom. The van der Waals surface area contributed by atoms with Crippen LogP contribution in [0.25, 0.3) is 0 Å². The molecule has 0 aromatic heterocycles. The van der Waals surface area contributed by atoms with Crippen molar-refractivity contribution in [2.75, 3.05) is 6.61 Å². The average molecular weight is 286 g/mol. The Morgan fingerprint density at radius 2 is 2.05 bits per heavy atom. The van der Waals surface area contributed by atoms with Gasteiger partial charge >= 0.3 is 0 Å². The summed E-state index contributed by atoms with van der Waals surface area (Å²) in [6, 6.07) is 6.52. The van der Waals surface area contributed by atoms with Crippen molar-refractivity contribution in [2.24, 2.45) is 11.7 Å². The quantitative estimate of drug-likeness (QED) is 0.795. The molecule has 0 saturated heterocycles. The highest BCUT2D eigenvalue weighted by molar-refractivity contribution is 5.95. The third-order valence-corrected chi connectivity index (χ3v) is 3.64. The zero-order valence-corrected chi connectivity index (χ0v) is 11.7. The minimum absolute atomic E-state index is 0.174. The molecule has 21 heavy (non-hydrogen) atoms. The molecular formula is C16H18N2O3. The molecule has 1 aliphatic carbocycles. The van der Waals surface area contributed by atoms with Crippen LogP contribution in [0, 0.1) is 18.3 Å². The number of ether oxygens (including phenoxy) is 1. The highest BCUT2D eigenvalue weighted by Crippen LogP contribution is 2.25. The molecule has 1 aromatic carbocycles. The van der Waals surface area contributed by atoms with Gasteiger partial charge in [-0.1, -0.05) is 12.3 Å². The van der Waals surface area contributed by atoms with E-state index in [0.29, 0.717) is 11.3 Å². The van der Waals surface area contributed by atoms with Crippen molar-refractivity contribution in [3.63, 3.8) is 0 Å². The molecule has 1 aromatic rings. The first-order valence-corrected chi connectivity index (χ1v) is 6.88. The van der Waals surface area contributed by atoms with Gasteiger partial charge in [0.15, 0.2) is 0 Å². The third-order valence-electron chi connectivity index (χ3n) is 3.64. The number of primary amides is 1. The monoisotopic (exact) mass is 286 g/mol. The Hall–Kier alpha value is -2.48. The van der Waals surface area contributed by atoms with E-state index in [-0.39, 0.29) is 30.4 Å². The zero-order chi connectivity index (χ0) is 15.2. The van der Waals surface area contributed by atoms with Crippen molar-refractivity contribution in [3.05, 3.63) is 29.8 Å².